The van der Waals surface area contributed by atoms with Crippen LogP contribution < -0.4 is 11.1 Å². The molecular weight excluding hydrogens is 302 g/mol. The van der Waals surface area contributed by atoms with Gasteiger partial charge in [-0.2, -0.15) is 0 Å². The summed E-state index contributed by atoms with van der Waals surface area (Å²) >= 11 is 9.30. The van der Waals surface area contributed by atoms with Crippen molar-refractivity contribution in [3.05, 3.63) is 45.5 Å². The first-order chi connectivity index (χ1) is 8.06. The van der Waals surface area contributed by atoms with E-state index in [0.717, 1.165) is 21.7 Å². The molecule has 1 aromatic heterocycles. The Balaban J connectivity index is 2.25. The van der Waals surface area contributed by atoms with Gasteiger partial charge in [-0.1, -0.05) is 11.6 Å². The molecule has 1 heterocycles. The zero-order chi connectivity index (χ0) is 12.4. The van der Waals surface area contributed by atoms with Crippen LogP contribution >= 0.6 is 27.5 Å². The van der Waals surface area contributed by atoms with Crippen molar-refractivity contribution in [2.45, 2.75) is 6.92 Å². The van der Waals surface area contributed by atoms with Gasteiger partial charge in [0.1, 0.15) is 5.82 Å². The van der Waals surface area contributed by atoms with Crippen LogP contribution in [0.5, 0.6) is 0 Å². The summed E-state index contributed by atoms with van der Waals surface area (Å²) < 4.78 is 0.844. The van der Waals surface area contributed by atoms with Gasteiger partial charge >= 0.3 is 0 Å². The summed E-state index contributed by atoms with van der Waals surface area (Å²) in [5.41, 5.74) is 8.12. The summed E-state index contributed by atoms with van der Waals surface area (Å²) in [4.78, 5) is 4.34. The number of nitrogen functional groups attached to an aromatic ring is 1. The predicted octanol–water partition coefficient (Wildman–Crippen LogP) is 4.13. The highest BCUT2D eigenvalue weighted by molar-refractivity contribution is 9.10. The van der Waals surface area contributed by atoms with Crippen molar-refractivity contribution in [1.82, 2.24) is 4.98 Å². The Morgan fingerprint density at radius 3 is 2.71 bits per heavy atom. The number of aromatic nitrogens is 1. The smallest absolute Gasteiger partial charge is 0.130 e. The fraction of sp³-hybridized carbons (Fsp3) is 0.0833. The number of benzene rings is 1. The topological polar surface area (TPSA) is 50.9 Å². The highest BCUT2D eigenvalue weighted by Crippen LogP contribution is 2.27. The van der Waals surface area contributed by atoms with Crippen LogP contribution in [0.25, 0.3) is 0 Å². The second kappa shape index (κ2) is 4.94. The summed E-state index contributed by atoms with van der Waals surface area (Å²) in [7, 11) is 0. The van der Waals surface area contributed by atoms with Crippen molar-refractivity contribution in [2.75, 3.05) is 11.1 Å². The van der Waals surface area contributed by atoms with Crippen LogP contribution in [0.1, 0.15) is 5.69 Å². The predicted molar refractivity (Wildman–Crippen MR) is 75.8 cm³/mol. The number of pyridine rings is 1. The molecule has 0 spiro atoms. The Hall–Kier alpha value is -1.26. The quantitative estimate of drug-likeness (QED) is 0.876. The molecule has 0 atom stereocenters. The molecule has 1 aromatic carbocycles. The van der Waals surface area contributed by atoms with Crippen molar-refractivity contribution in [3.63, 3.8) is 0 Å². The van der Waals surface area contributed by atoms with Crippen LogP contribution in [0.4, 0.5) is 17.2 Å². The maximum absolute atomic E-state index is 5.92. The number of halogens is 2. The van der Waals surface area contributed by atoms with Gasteiger partial charge in [0, 0.05) is 10.2 Å². The molecule has 0 fully saturated rings. The van der Waals surface area contributed by atoms with E-state index in [9.17, 15) is 0 Å². The minimum atomic E-state index is 0.678. The summed E-state index contributed by atoms with van der Waals surface area (Å²) in [6.45, 7) is 1.87. The number of nitrogens with two attached hydrogens (primary N) is 1. The third-order valence-electron chi connectivity index (χ3n) is 2.32. The second-order valence-electron chi connectivity index (χ2n) is 3.63. The Bertz CT molecular complexity index is 508. The maximum Gasteiger partial charge on any atom is 0.130 e. The molecule has 3 nitrogen and oxygen atoms in total. The zero-order valence-electron chi connectivity index (χ0n) is 9.17. The van der Waals surface area contributed by atoms with Gasteiger partial charge in [-0.15, -0.1) is 0 Å². The van der Waals surface area contributed by atoms with Gasteiger partial charge in [-0.3, -0.25) is 0 Å². The molecule has 0 amide bonds. The average Bonchev–Trinajstić information content (AvgIpc) is 2.29. The lowest BCUT2D eigenvalue weighted by atomic mass is 10.3. The first-order valence-corrected chi connectivity index (χ1v) is 6.18. The third-order valence-corrected chi connectivity index (χ3v) is 3.53. The van der Waals surface area contributed by atoms with Crippen LogP contribution in [0.2, 0.25) is 5.02 Å². The molecule has 2 rings (SSSR count). The van der Waals surface area contributed by atoms with Crippen LogP contribution in [-0.4, -0.2) is 4.98 Å². The molecule has 0 unspecified atom stereocenters. The minimum Gasteiger partial charge on any atom is -0.397 e. The fourth-order valence-electron chi connectivity index (χ4n) is 1.36. The molecular formula is C12H11BrClN3. The first kappa shape index (κ1) is 12.2. The van der Waals surface area contributed by atoms with Crippen LogP contribution in [0.3, 0.4) is 0 Å². The van der Waals surface area contributed by atoms with Crippen LogP contribution in [0, 0.1) is 6.92 Å². The fourth-order valence-corrected chi connectivity index (χ4v) is 1.86. The number of anilines is 3. The molecule has 5 heteroatoms. The highest BCUT2D eigenvalue weighted by atomic mass is 79.9. The average molecular weight is 313 g/mol. The number of aryl methyl sites for hydroxylation is 1. The van der Waals surface area contributed by atoms with E-state index in [2.05, 4.69) is 26.2 Å². The molecule has 17 heavy (non-hydrogen) atoms. The Morgan fingerprint density at radius 1 is 1.29 bits per heavy atom. The van der Waals surface area contributed by atoms with E-state index in [4.69, 9.17) is 17.3 Å². The van der Waals surface area contributed by atoms with Gasteiger partial charge in [0.25, 0.3) is 0 Å². The van der Waals surface area contributed by atoms with Gasteiger partial charge < -0.3 is 11.1 Å². The minimum absolute atomic E-state index is 0.678. The molecule has 88 valence electrons. The summed E-state index contributed by atoms with van der Waals surface area (Å²) in [5, 5.41) is 3.86. The van der Waals surface area contributed by atoms with Gasteiger partial charge in [0.05, 0.1) is 16.4 Å². The first-order valence-electron chi connectivity index (χ1n) is 5.01. The molecule has 0 aliphatic heterocycles. The molecule has 2 aromatic rings. The number of hydrogen-bond acceptors (Lipinski definition) is 3. The number of nitrogens with zero attached hydrogens (tertiary/aromatic N) is 1. The Labute approximate surface area is 113 Å². The van der Waals surface area contributed by atoms with Crippen molar-refractivity contribution >= 4 is 44.7 Å². The number of rotatable bonds is 2. The lowest BCUT2D eigenvalue weighted by Crippen LogP contribution is -1.98. The van der Waals surface area contributed by atoms with Crippen molar-refractivity contribution < 1.29 is 0 Å². The summed E-state index contributed by atoms with van der Waals surface area (Å²) in [6.07, 6.45) is 0. The number of nitrogens with one attached hydrogen (secondary N) is 1. The van der Waals surface area contributed by atoms with Gasteiger partial charge in [0.2, 0.25) is 0 Å². The normalized spacial score (nSPS) is 10.3. The van der Waals surface area contributed by atoms with E-state index < -0.39 is 0 Å². The van der Waals surface area contributed by atoms with E-state index in [-0.39, 0.29) is 0 Å². The van der Waals surface area contributed by atoms with E-state index in [1.165, 1.54) is 0 Å². The second-order valence-corrected chi connectivity index (χ2v) is 4.89. The van der Waals surface area contributed by atoms with Crippen LogP contribution in [-0.2, 0) is 0 Å². The summed E-state index contributed by atoms with van der Waals surface area (Å²) in [5.74, 6) is 0.755. The Morgan fingerprint density at radius 2 is 2.06 bits per heavy atom. The maximum atomic E-state index is 5.92. The SMILES string of the molecule is Cc1nc(Nc2ccc(Cl)c(Br)c2)ccc1N. The lowest BCUT2D eigenvalue weighted by Gasteiger charge is -2.08. The molecule has 0 aliphatic carbocycles. The van der Waals surface area contributed by atoms with Crippen LogP contribution in [0.15, 0.2) is 34.8 Å². The Kier molecular flexibility index (Phi) is 3.54. The largest absolute Gasteiger partial charge is 0.397 e. The van der Waals surface area contributed by atoms with Gasteiger partial charge in [-0.05, 0) is 53.2 Å². The van der Waals surface area contributed by atoms with E-state index in [1.54, 1.807) is 0 Å². The van der Waals surface area contributed by atoms with Crippen molar-refractivity contribution in [2.24, 2.45) is 0 Å². The summed E-state index contributed by atoms with van der Waals surface area (Å²) in [6, 6.07) is 9.27. The van der Waals surface area contributed by atoms with E-state index >= 15 is 0 Å². The standard InChI is InChI=1S/C12H11BrClN3/c1-7-11(15)4-5-12(16-7)17-8-2-3-10(14)9(13)6-8/h2-6H,15H2,1H3,(H,16,17). The molecule has 0 aliphatic rings. The van der Waals surface area contributed by atoms with Gasteiger partial charge in [0.15, 0.2) is 0 Å². The molecule has 0 saturated heterocycles. The van der Waals surface area contributed by atoms with E-state index in [1.807, 2.05) is 37.3 Å². The molecule has 0 radical (unpaired) electrons. The highest BCUT2D eigenvalue weighted by Gasteiger charge is 2.02. The molecule has 0 saturated carbocycles. The van der Waals surface area contributed by atoms with E-state index in [0.29, 0.717) is 10.7 Å². The van der Waals surface area contributed by atoms with Gasteiger partial charge in [-0.25, -0.2) is 4.98 Å². The molecule has 3 N–H and O–H groups in total. The lowest BCUT2D eigenvalue weighted by molar-refractivity contribution is 1.20. The number of hydrogen-bond donors (Lipinski definition) is 2. The van der Waals surface area contributed by atoms with Crippen molar-refractivity contribution in [1.29, 1.82) is 0 Å². The van der Waals surface area contributed by atoms with Crippen molar-refractivity contribution in [3.8, 4) is 0 Å². The third kappa shape index (κ3) is 2.90. The zero-order valence-corrected chi connectivity index (χ0v) is 11.5. The monoisotopic (exact) mass is 311 g/mol. The molecule has 0 bridgehead atoms.